The fourth-order valence-electron chi connectivity index (χ4n) is 1.87. The molecule has 0 radical (unpaired) electrons. The van der Waals surface area contributed by atoms with Crippen LogP contribution in [0, 0.1) is 12.8 Å². The van der Waals surface area contributed by atoms with E-state index < -0.39 is 5.97 Å². The second kappa shape index (κ2) is 4.26. The molecule has 0 aliphatic heterocycles. The van der Waals surface area contributed by atoms with Crippen molar-refractivity contribution in [1.82, 2.24) is 4.98 Å². The average Bonchev–Trinajstić information content (AvgIpc) is 2.75. The summed E-state index contributed by atoms with van der Waals surface area (Å²) < 4.78 is 5.21. The van der Waals surface area contributed by atoms with Crippen LogP contribution in [0.25, 0.3) is 0 Å². The number of nitrogens with zero attached hydrogens (tertiary/aromatic N) is 1. The predicted molar refractivity (Wildman–Crippen MR) is 55.9 cm³/mol. The quantitative estimate of drug-likeness (QED) is 0.858. The van der Waals surface area contributed by atoms with Gasteiger partial charge in [-0.1, -0.05) is 18.2 Å². The standard InChI is InChI=1S/C10H13NO3S/c1-6-5-14-10(11-6)15-8-4-2-3-7(8)9(12)13/h5,7-8H,2-4H2,1H3,(H,12,13). The lowest BCUT2D eigenvalue weighted by Gasteiger charge is -2.12. The van der Waals surface area contributed by atoms with Crippen LogP contribution >= 0.6 is 11.8 Å². The Morgan fingerprint density at radius 2 is 2.47 bits per heavy atom. The summed E-state index contributed by atoms with van der Waals surface area (Å²) in [6.07, 6.45) is 4.27. The number of carboxylic acid groups (broad SMARTS) is 1. The highest BCUT2D eigenvalue weighted by atomic mass is 32.2. The number of hydrogen-bond acceptors (Lipinski definition) is 4. The molecule has 1 N–H and O–H groups in total. The third-order valence-corrected chi connectivity index (χ3v) is 3.88. The van der Waals surface area contributed by atoms with Gasteiger partial charge in [-0.25, -0.2) is 4.98 Å². The Kier molecular flexibility index (Phi) is 3.00. The molecule has 1 aliphatic rings. The highest BCUT2D eigenvalue weighted by molar-refractivity contribution is 7.99. The Bertz CT molecular complexity index is 363. The molecule has 1 aliphatic carbocycles. The van der Waals surface area contributed by atoms with Gasteiger partial charge in [-0.3, -0.25) is 4.79 Å². The summed E-state index contributed by atoms with van der Waals surface area (Å²) in [6, 6.07) is 0. The molecule has 5 heteroatoms. The van der Waals surface area contributed by atoms with E-state index >= 15 is 0 Å². The molecule has 1 aromatic rings. The van der Waals surface area contributed by atoms with Crippen molar-refractivity contribution < 1.29 is 14.3 Å². The highest BCUT2D eigenvalue weighted by Crippen LogP contribution is 2.38. The minimum atomic E-state index is -0.701. The maximum atomic E-state index is 10.9. The van der Waals surface area contributed by atoms with Gasteiger partial charge in [0.15, 0.2) is 0 Å². The molecule has 2 unspecified atom stereocenters. The molecule has 82 valence electrons. The molecule has 0 saturated heterocycles. The lowest BCUT2D eigenvalue weighted by molar-refractivity contribution is -0.141. The first-order valence-corrected chi connectivity index (χ1v) is 5.86. The van der Waals surface area contributed by atoms with E-state index in [-0.39, 0.29) is 11.2 Å². The van der Waals surface area contributed by atoms with Gasteiger partial charge in [0.05, 0.1) is 11.6 Å². The number of thioether (sulfide) groups is 1. The number of rotatable bonds is 3. The molecule has 15 heavy (non-hydrogen) atoms. The zero-order chi connectivity index (χ0) is 10.8. The molecule has 1 aromatic heterocycles. The molecule has 1 heterocycles. The summed E-state index contributed by atoms with van der Waals surface area (Å²) in [5, 5.41) is 9.70. The second-order valence-electron chi connectivity index (χ2n) is 3.79. The van der Waals surface area contributed by atoms with Crippen molar-refractivity contribution in [2.75, 3.05) is 0 Å². The minimum Gasteiger partial charge on any atom is -0.481 e. The molecule has 0 amide bonds. The Hall–Kier alpha value is -0.970. The summed E-state index contributed by atoms with van der Waals surface area (Å²) in [6.45, 7) is 1.86. The van der Waals surface area contributed by atoms with Crippen molar-refractivity contribution in [3.63, 3.8) is 0 Å². The summed E-state index contributed by atoms with van der Waals surface area (Å²) in [5.41, 5.74) is 0.836. The van der Waals surface area contributed by atoms with Crippen molar-refractivity contribution in [3.8, 4) is 0 Å². The third kappa shape index (κ3) is 2.34. The van der Waals surface area contributed by atoms with Crippen LogP contribution in [0.3, 0.4) is 0 Å². The van der Waals surface area contributed by atoms with Crippen molar-refractivity contribution in [3.05, 3.63) is 12.0 Å². The third-order valence-electron chi connectivity index (χ3n) is 2.62. The van der Waals surface area contributed by atoms with Gasteiger partial charge in [-0.2, -0.15) is 0 Å². The average molecular weight is 227 g/mol. The molecule has 1 saturated carbocycles. The fourth-order valence-corrected chi connectivity index (χ4v) is 3.13. The molecule has 2 atom stereocenters. The summed E-state index contributed by atoms with van der Waals surface area (Å²) in [7, 11) is 0. The SMILES string of the molecule is Cc1coc(SC2CCCC2C(=O)O)n1. The van der Waals surface area contributed by atoms with E-state index in [1.807, 2.05) is 6.92 Å². The van der Waals surface area contributed by atoms with Crippen LogP contribution in [0.2, 0.25) is 0 Å². The minimum absolute atomic E-state index is 0.112. The van der Waals surface area contributed by atoms with Crippen molar-refractivity contribution >= 4 is 17.7 Å². The summed E-state index contributed by atoms with van der Waals surface area (Å²) >= 11 is 1.45. The number of carboxylic acids is 1. The van der Waals surface area contributed by atoms with Gasteiger partial charge < -0.3 is 9.52 Å². The van der Waals surface area contributed by atoms with Crippen LogP contribution in [0.5, 0.6) is 0 Å². The zero-order valence-electron chi connectivity index (χ0n) is 8.47. The van der Waals surface area contributed by atoms with E-state index in [2.05, 4.69) is 4.98 Å². The number of carbonyl (C=O) groups is 1. The monoisotopic (exact) mass is 227 g/mol. The summed E-state index contributed by atoms with van der Waals surface area (Å²) in [5.74, 6) is -0.949. The maximum Gasteiger partial charge on any atom is 0.307 e. The lowest BCUT2D eigenvalue weighted by atomic mass is 10.1. The second-order valence-corrected chi connectivity index (χ2v) is 4.98. The summed E-state index contributed by atoms with van der Waals surface area (Å²) in [4.78, 5) is 15.1. The van der Waals surface area contributed by atoms with Gasteiger partial charge in [0.2, 0.25) is 0 Å². The molecular formula is C10H13NO3S. The predicted octanol–water partition coefficient (Wildman–Crippen LogP) is 2.33. The first-order chi connectivity index (χ1) is 7.16. The molecule has 2 rings (SSSR count). The molecule has 1 fully saturated rings. The van der Waals surface area contributed by atoms with Crippen molar-refractivity contribution in [1.29, 1.82) is 0 Å². The van der Waals surface area contributed by atoms with Gasteiger partial charge in [-0.05, 0) is 19.8 Å². The Labute approximate surface area is 92.1 Å². The van der Waals surface area contributed by atoms with Crippen LogP contribution in [0.1, 0.15) is 25.0 Å². The lowest BCUT2D eigenvalue weighted by Crippen LogP contribution is -2.19. The van der Waals surface area contributed by atoms with Crippen LogP contribution in [-0.2, 0) is 4.79 Å². The van der Waals surface area contributed by atoms with E-state index in [1.165, 1.54) is 11.8 Å². The van der Waals surface area contributed by atoms with Gasteiger partial charge in [0.25, 0.3) is 5.22 Å². The Morgan fingerprint density at radius 3 is 3.07 bits per heavy atom. The fraction of sp³-hybridized carbons (Fsp3) is 0.600. The number of aromatic nitrogens is 1. The van der Waals surface area contributed by atoms with Crippen LogP contribution in [0.4, 0.5) is 0 Å². The van der Waals surface area contributed by atoms with Crippen molar-refractivity contribution in [2.24, 2.45) is 5.92 Å². The molecule has 0 aromatic carbocycles. The number of aryl methyl sites for hydroxylation is 1. The van der Waals surface area contributed by atoms with E-state index in [4.69, 9.17) is 9.52 Å². The highest BCUT2D eigenvalue weighted by Gasteiger charge is 2.34. The molecule has 0 bridgehead atoms. The van der Waals surface area contributed by atoms with E-state index in [0.29, 0.717) is 5.22 Å². The molecule has 0 spiro atoms. The number of aliphatic carboxylic acids is 1. The largest absolute Gasteiger partial charge is 0.481 e. The molecular weight excluding hydrogens is 214 g/mol. The van der Waals surface area contributed by atoms with E-state index in [0.717, 1.165) is 25.0 Å². The van der Waals surface area contributed by atoms with Crippen LogP contribution in [0.15, 0.2) is 15.9 Å². The Balaban J connectivity index is 2.02. The van der Waals surface area contributed by atoms with E-state index in [9.17, 15) is 4.79 Å². The first kappa shape index (κ1) is 10.5. The van der Waals surface area contributed by atoms with Gasteiger partial charge in [0.1, 0.15) is 6.26 Å². The molecule has 4 nitrogen and oxygen atoms in total. The normalized spacial score (nSPS) is 25.7. The van der Waals surface area contributed by atoms with Crippen LogP contribution in [-0.4, -0.2) is 21.3 Å². The van der Waals surface area contributed by atoms with Crippen LogP contribution < -0.4 is 0 Å². The zero-order valence-corrected chi connectivity index (χ0v) is 9.29. The van der Waals surface area contributed by atoms with E-state index in [1.54, 1.807) is 6.26 Å². The Morgan fingerprint density at radius 1 is 1.67 bits per heavy atom. The maximum absolute atomic E-state index is 10.9. The van der Waals surface area contributed by atoms with Gasteiger partial charge >= 0.3 is 5.97 Å². The van der Waals surface area contributed by atoms with Crippen molar-refractivity contribution in [2.45, 2.75) is 36.7 Å². The van der Waals surface area contributed by atoms with Gasteiger partial charge in [0, 0.05) is 5.25 Å². The smallest absolute Gasteiger partial charge is 0.307 e. The first-order valence-electron chi connectivity index (χ1n) is 4.98. The van der Waals surface area contributed by atoms with Gasteiger partial charge in [-0.15, -0.1) is 0 Å². The number of hydrogen-bond donors (Lipinski definition) is 1. The number of oxazole rings is 1. The topological polar surface area (TPSA) is 63.3 Å².